The molecule has 2 heterocycles. The number of allylic oxidation sites excluding steroid dienone is 1. The van der Waals surface area contributed by atoms with E-state index in [9.17, 15) is 18.7 Å². The van der Waals surface area contributed by atoms with Crippen molar-refractivity contribution in [1.82, 2.24) is 9.80 Å². The van der Waals surface area contributed by atoms with E-state index in [2.05, 4.69) is 58.3 Å². The minimum absolute atomic E-state index is 0.00256. The number of Topliss-reactive ketones (excluding diaryl/α,β-unsaturated/α-hetero) is 1. The Balaban J connectivity index is 1.22. The van der Waals surface area contributed by atoms with E-state index in [-0.39, 0.29) is 70.2 Å². The quantitative estimate of drug-likeness (QED) is 0.333. The summed E-state index contributed by atoms with van der Waals surface area (Å²) in [5.74, 6) is -0.867. The van der Waals surface area contributed by atoms with Crippen molar-refractivity contribution in [3.8, 4) is 0 Å². The first-order chi connectivity index (χ1) is 21.9. The molecule has 0 aromatic rings. The number of piperidine rings is 1. The van der Waals surface area contributed by atoms with E-state index < -0.39 is 11.3 Å². The van der Waals surface area contributed by atoms with Crippen LogP contribution < -0.4 is 0 Å². The van der Waals surface area contributed by atoms with Gasteiger partial charge in [0, 0.05) is 51.5 Å². The molecule has 1 amide bonds. The van der Waals surface area contributed by atoms with Crippen LogP contribution in [0.15, 0.2) is 11.1 Å². The summed E-state index contributed by atoms with van der Waals surface area (Å²) in [4.78, 5) is 33.5. The van der Waals surface area contributed by atoms with Crippen molar-refractivity contribution in [1.29, 1.82) is 0 Å². The third-order valence-corrected chi connectivity index (χ3v) is 16.5. The number of rotatable bonds is 4. The normalized spacial score (nSPS) is 46.2. The topological polar surface area (TPSA) is 60.9 Å². The number of halogens is 2. The largest absolute Gasteiger partial charge is 0.393 e. The molecular weight excluding hydrogens is 594 g/mol. The molecule has 0 spiro atoms. The van der Waals surface area contributed by atoms with Gasteiger partial charge in [-0.3, -0.25) is 9.59 Å². The highest BCUT2D eigenvalue weighted by Gasteiger charge is 2.71. The fourth-order valence-electron chi connectivity index (χ4n) is 13.8. The molecular formula is C40H62F2N2O3. The van der Waals surface area contributed by atoms with Crippen molar-refractivity contribution in [3.05, 3.63) is 11.1 Å². The smallest absolute Gasteiger partial charge is 0.250 e. The average Bonchev–Trinajstić information content (AvgIpc) is 3.58. The van der Waals surface area contributed by atoms with Crippen molar-refractivity contribution < 1.29 is 23.5 Å². The summed E-state index contributed by atoms with van der Waals surface area (Å²) in [7, 11) is 0. The van der Waals surface area contributed by atoms with Crippen LogP contribution in [0.25, 0.3) is 0 Å². The number of likely N-dealkylation sites (tertiary alicyclic amines) is 2. The lowest BCUT2D eigenvalue weighted by Crippen LogP contribution is -2.66. The van der Waals surface area contributed by atoms with Gasteiger partial charge in [0.05, 0.1) is 11.5 Å². The second kappa shape index (κ2) is 11.1. The van der Waals surface area contributed by atoms with Gasteiger partial charge in [0.15, 0.2) is 5.78 Å². The molecule has 7 rings (SSSR count). The number of aliphatic hydroxyl groups excluding tert-OH is 1. The Kier molecular flexibility index (Phi) is 8.04. The molecule has 7 heteroatoms. The molecule has 0 radical (unpaired) electrons. The summed E-state index contributed by atoms with van der Waals surface area (Å²) >= 11 is 0. The number of ketones is 1. The van der Waals surface area contributed by atoms with Crippen molar-refractivity contribution in [2.75, 3.05) is 26.2 Å². The molecule has 9 atom stereocenters. The Morgan fingerprint density at radius 3 is 2.23 bits per heavy atom. The molecule has 0 bridgehead atoms. The van der Waals surface area contributed by atoms with E-state index in [1.54, 1.807) is 0 Å². The van der Waals surface area contributed by atoms with Crippen molar-refractivity contribution in [2.45, 2.75) is 150 Å². The zero-order valence-corrected chi connectivity index (χ0v) is 30.4. The Morgan fingerprint density at radius 2 is 1.55 bits per heavy atom. The van der Waals surface area contributed by atoms with Gasteiger partial charge in [0.2, 0.25) is 5.91 Å². The van der Waals surface area contributed by atoms with Gasteiger partial charge < -0.3 is 14.9 Å². The minimum atomic E-state index is -2.58. The molecule has 5 nitrogen and oxygen atoms in total. The first-order valence-corrected chi connectivity index (χ1v) is 19.3. The zero-order chi connectivity index (χ0) is 33.9. The molecule has 47 heavy (non-hydrogen) atoms. The van der Waals surface area contributed by atoms with Gasteiger partial charge in [-0.25, -0.2) is 8.78 Å². The van der Waals surface area contributed by atoms with Crippen molar-refractivity contribution >= 4 is 11.7 Å². The van der Waals surface area contributed by atoms with Crippen LogP contribution in [0, 0.1) is 50.7 Å². The Bertz CT molecular complexity index is 1330. The number of hydrogen-bond donors (Lipinski definition) is 1. The van der Waals surface area contributed by atoms with E-state index in [0.717, 1.165) is 69.8 Å². The Hall–Kier alpha value is -1.34. The number of carbonyl (C=O) groups is 2. The molecule has 5 aliphatic carbocycles. The molecule has 2 saturated heterocycles. The number of nitrogens with zero attached hydrogens (tertiary/aromatic N) is 2. The van der Waals surface area contributed by atoms with Crippen LogP contribution in [0.5, 0.6) is 0 Å². The summed E-state index contributed by atoms with van der Waals surface area (Å²) in [6, 6.07) is 0.0323. The van der Waals surface area contributed by atoms with Gasteiger partial charge in [-0.1, -0.05) is 48.5 Å². The molecule has 1 unspecified atom stereocenters. The summed E-state index contributed by atoms with van der Waals surface area (Å²) < 4.78 is 27.9. The average molecular weight is 657 g/mol. The highest BCUT2D eigenvalue weighted by Crippen LogP contribution is 2.76. The lowest BCUT2D eigenvalue weighted by atomic mass is 9.33. The molecule has 6 fully saturated rings. The fraction of sp³-hybridized carbons (Fsp3) is 0.900. The van der Waals surface area contributed by atoms with Crippen molar-refractivity contribution in [2.24, 2.45) is 50.7 Å². The standard InChI is InChI=1S/C40H62F2N2O3/c1-25(2)32-28(45)23-39(34(47)44-20-8-9-26(44)24-43-21-18-40(41,42)19-22-43)17-16-37(6)27(33(32)39)10-11-30-36(5)14-13-31(46)35(3,4)29(36)12-15-38(30,37)7/h25-27,29-31,46H,8-24H2,1-7H3/t26?,27-,29+,30-,31+,36+,37-,38-,39-/m1/s1. The number of fused-ring (bicyclic) bond motifs is 7. The highest BCUT2D eigenvalue weighted by molar-refractivity contribution is 6.07. The monoisotopic (exact) mass is 656 g/mol. The molecule has 264 valence electrons. The summed E-state index contributed by atoms with van der Waals surface area (Å²) in [6.45, 7) is 18.7. The zero-order valence-electron chi connectivity index (χ0n) is 30.4. The second-order valence-electron chi connectivity index (χ2n) is 19.1. The van der Waals surface area contributed by atoms with Crippen LogP contribution in [-0.2, 0) is 9.59 Å². The van der Waals surface area contributed by atoms with Crippen molar-refractivity contribution in [3.63, 3.8) is 0 Å². The first kappa shape index (κ1) is 34.1. The fourth-order valence-corrected chi connectivity index (χ4v) is 13.8. The van der Waals surface area contributed by atoms with E-state index in [0.29, 0.717) is 44.4 Å². The number of aliphatic hydroxyl groups is 1. The second-order valence-corrected chi connectivity index (χ2v) is 19.1. The molecule has 0 aromatic heterocycles. The maximum absolute atomic E-state index is 15.1. The minimum Gasteiger partial charge on any atom is -0.393 e. The van der Waals surface area contributed by atoms with Crippen LogP contribution in [0.2, 0.25) is 0 Å². The van der Waals surface area contributed by atoms with Gasteiger partial charge in [-0.2, -0.15) is 0 Å². The van der Waals surface area contributed by atoms with Gasteiger partial charge in [0.1, 0.15) is 0 Å². The maximum Gasteiger partial charge on any atom is 0.250 e. The Labute approximate surface area is 282 Å². The third kappa shape index (κ3) is 4.76. The van der Waals surface area contributed by atoms with Crippen LogP contribution in [0.4, 0.5) is 8.78 Å². The molecule has 1 N–H and O–H groups in total. The predicted octanol–water partition coefficient (Wildman–Crippen LogP) is 8.05. The van der Waals surface area contributed by atoms with E-state index in [4.69, 9.17) is 0 Å². The highest BCUT2D eigenvalue weighted by atomic mass is 19.3. The summed E-state index contributed by atoms with van der Waals surface area (Å²) in [6.07, 6.45) is 9.78. The Morgan fingerprint density at radius 1 is 0.851 bits per heavy atom. The molecule has 0 aromatic carbocycles. The molecule has 4 saturated carbocycles. The maximum atomic E-state index is 15.1. The van der Waals surface area contributed by atoms with Gasteiger partial charge in [0.25, 0.3) is 5.92 Å². The van der Waals surface area contributed by atoms with E-state index >= 15 is 4.79 Å². The number of carbonyl (C=O) groups excluding carboxylic acids is 2. The van der Waals surface area contributed by atoms with Crippen LogP contribution >= 0.6 is 0 Å². The van der Waals surface area contributed by atoms with Gasteiger partial charge in [-0.05, 0) is 121 Å². The van der Waals surface area contributed by atoms with E-state index in [1.807, 2.05) is 0 Å². The van der Waals surface area contributed by atoms with Gasteiger partial charge in [-0.15, -0.1) is 0 Å². The lowest BCUT2D eigenvalue weighted by Gasteiger charge is -2.72. The number of hydrogen-bond acceptors (Lipinski definition) is 4. The van der Waals surface area contributed by atoms with Crippen LogP contribution in [0.3, 0.4) is 0 Å². The summed E-state index contributed by atoms with van der Waals surface area (Å²) in [5.41, 5.74) is 1.60. The third-order valence-electron chi connectivity index (χ3n) is 16.5. The number of alkyl halides is 2. The SMILES string of the molecule is CC(C)C1=C2[C@H]3CC[C@@H]4[C@@]5(C)CC[C@H](O)C(C)(C)[C@@H]5CC[C@@]4(C)[C@]3(C)CC[C@@]2(C(=O)N2CCCC2CN2CCC(F)(F)CC2)CC1=O. The van der Waals surface area contributed by atoms with Gasteiger partial charge >= 0.3 is 0 Å². The van der Waals surface area contributed by atoms with E-state index in [1.165, 1.54) is 5.57 Å². The number of amides is 1. The first-order valence-electron chi connectivity index (χ1n) is 19.3. The predicted molar refractivity (Wildman–Crippen MR) is 181 cm³/mol. The summed E-state index contributed by atoms with van der Waals surface area (Å²) in [5, 5.41) is 11.1. The van der Waals surface area contributed by atoms with Crippen LogP contribution in [0.1, 0.15) is 132 Å². The van der Waals surface area contributed by atoms with Crippen LogP contribution in [-0.4, -0.2) is 70.8 Å². The lowest BCUT2D eigenvalue weighted by molar-refractivity contribution is -0.228. The molecule has 2 aliphatic heterocycles. The molecule has 7 aliphatic rings.